The summed E-state index contributed by atoms with van der Waals surface area (Å²) in [7, 11) is 0. The third-order valence-corrected chi connectivity index (χ3v) is 6.97. The summed E-state index contributed by atoms with van der Waals surface area (Å²) in [6, 6.07) is 12.4. The Bertz CT molecular complexity index is 1390. The fourth-order valence-corrected chi connectivity index (χ4v) is 4.69. The molecule has 1 aromatic heterocycles. The van der Waals surface area contributed by atoms with E-state index in [-0.39, 0.29) is 35.5 Å². The number of nitrogens with zero attached hydrogens (tertiary/aromatic N) is 1. The summed E-state index contributed by atoms with van der Waals surface area (Å²) in [6.07, 6.45) is -1.34. The molecule has 0 saturated carbocycles. The predicted molar refractivity (Wildman–Crippen MR) is 139 cm³/mol. The number of carbonyl (C=O) groups is 2. The molecule has 1 saturated heterocycles. The van der Waals surface area contributed by atoms with Crippen LogP contribution in [0.25, 0.3) is 0 Å². The van der Waals surface area contributed by atoms with E-state index in [0.717, 1.165) is 23.3 Å². The quantitative estimate of drug-likeness (QED) is 0.357. The van der Waals surface area contributed by atoms with Crippen LogP contribution >= 0.6 is 0 Å². The summed E-state index contributed by atoms with van der Waals surface area (Å²) in [6.45, 7) is 1.21. The number of aromatic nitrogens is 1. The van der Waals surface area contributed by atoms with Gasteiger partial charge in [0.25, 0.3) is 0 Å². The Morgan fingerprint density at radius 3 is 2.46 bits per heavy atom. The SMILES string of the molecule is NCc1cc(NC(=O)C2CCc3ccc(Oc4ccnc(NC(=O)C5CNC5)c4)cc3C2)cc(C(F)(F)F)c1. The first kappa shape index (κ1) is 26.6. The molecule has 5 N–H and O–H groups in total. The molecule has 0 spiro atoms. The van der Waals surface area contributed by atoms with Gasteiger partial charge in [0.2, 0.25) is 11.8 Å². The Kier molecular flexibility index (Phi) is 7.53. The number of pyridine rings is 1. The van der Waals surface area contributed by atoms with Crippen molar-refractivity contribution in [1.82, 2.24) is 10.3 Å². The topological polar surface area (TPSA) is 118 Å². The van der Waals surface area contributed by atoms with E-state index in [4.69, 9.17) is 10.5 Å². The van der Waals surface area contributed by atoms with E-state index in [1.807, 2.05) is 18.2 Å². The number of ether oxygens (including phenoxy) is 1. The van der Waals surface area contributed by atoms with Crippen molar-refractivity contribution in [1.29, 1.82) is 0 Å². The number of amides is 2. The largest absolute Gasteiger partial charge is 0.457 e. The zero-order valence-corrected chi connectivity index (χ0v) is 21.0. The fraction of sp³-hybridized carbons (Fsp3) is 0.321. The maximum Gasteiger partial charge on any atom is 0.416 e. The first-order valence-corrected chi connectivity index (χ1v) is 12.7. The van der Waals surface area contributed by atoms with Gasteiger partial charge in [0.1, 0.15) is 17.3 Å². The van der Waals surface area contributed by atoms with E-state index in [2.05, 4.69) is 20.9 Å². The molecule has 1 atom stereocenters. The molecule has 2 aliphatic rings. The van der Waals surface area contributed by atoms with Gasteiger partial charge >= 0.3 is 6.18 Å². The minimum atomic E-state index is -4.54. The number of carbonyl (C=O) groups excluding carboxylic acids is 2. The van der Waals surface area contributed by atoms with Gasteiger partial charge in [0.05, 0.1) is 11.5 Å². The molecular formula is C28H28F3N5O3. The van der Waals surface area contributed by atoms with Gasteiger partial charge in [-0.05, 0) is 72.4 Å². The summed E-state index contributed by atoms with van der Waals surface area (Å²) in [5.74, 6) is 0.535. The molecule has 8 nitrogen and oxygen atoms in total. The van der Waals surface area contributed by atoms with Gasteiger partial charge in [-0.25, -0.2) is 4.98 Å². The highest BCUT2D eigenvalue weighted by atomic mass is 19.4. The summed E-state index contributed by atoms with van der Waals surface area (Å²) in [5, 5.41) is 8.50. The third-order valence-electron chi connectivity index (χ3n) is 6.97. The van der Waals surface area contributed by atoms with E-state index in [9.17, 15) is 22.8 Å². The molecule has 2 heterocycles. The Morgan fingerprint density at radius 1 is 0.974 bits per heavy atom. The van der Waals surface area contributed by atoms with Gasteiger partial charge in [-0.1, -0.05) is 6.07 Å². The second-order valence-electron chi connectivity index (χ2n) is 9.80. The summed E-state index contributed by atoms with van der Waals surface area (Å²) >= 11 is 0. The first-order chi connectivity index (χ1) is 18.7. The molecule has 0 bridgehead atoms. The van der Waals surface area contributed by atoms with E-state index in [0.29, 0.717) is 49.7 Å². The van der Waals surface area contributed by atoms with Crippen LogP contribution in [0.3, 0.4) is 0 Å². The number of nitrogens with one attached hydrogen (secondary N) is 3. The van der Waals surface area contributed by atoms with Crippen molar-refractivity contribution in [3.05, 3.63) is 77.0 Å². The zero-order valence-electron chi connectivity index (χ0n) is 21.0. The van der Waals surface area contributed by atoms with Crippen molar-refractivity contribution < 1.29 is 27.5 Å². The summed E-state index contributed by atoms with van der Waals surface area (Å²) in [4.78, 5) is 29.4. The number of alkyl halides is 3. The van der Waals surface area contributed by atoms with Crippen molar-refractivity contribution >= 4 is 23.3 Å². The predicted octanol–water partition coefficient (Wildman–Crippen LogP) is 4.25. The molecule has 2 amide bonds. The molecule has 2 aromatic carbocycles. The van der Waals surface area contributed by atoms with Crippen LogP contribution in [0.4, 0.5) is 24.7 Å². The second-order valence-corrected chi connectivity index (χ2v) is 9.80. The molecule has 204 valence electrons. The number of hydrogen-bond acceptors (Lipinski definition) is 6. The fourth-order valence-electron chi connectivity index (χ4n) is 4.69. The highest BCUT2D eigenvalue weighted by molar-refractivity contribution is 5.93. The van der Waals surface area contributed by atoms with Crippen LogP contribution in [0.1, 0.15) is 28.7 Å². The normalized spacial score (nSPS) is 17.1. The highest BCUT2D eigenvalue weighted by Crippen LogP contribution is 2.34. The van der Waals surface area contributed by atoms with Gasteiger partial charge in [-0.15, -0.1) is 0 Å². The van der Waals surface area contributed by atoms with Crippen LogP contribution in [-0.2, 0) is 35.2 Å². The Balaban J connectivity index is 1.25. The van der Waals surface area contributed by atoms with Gasteiger partial charge in [0.15, 0.2) is 0 Å². The average Bonchev–Trinajstić information content (AvgIpc) is 2.86. The zero-order chi connectivity index (χ0) is 27.6. The maximum absolute atomic E-state index is 13.3. The smallest absolute Gasteiger partial charge is 0.416 e. The van der Waals surface area contributed by atoms with Crippen molar-refractivity contribution in [2.24, 2.45) is 17.6 Å². The molecule has 3 aromatic rings. The second kappa shape index (κ2) is 11.0. The van der Waals surface area contributed by atoms with E-state index in [1.165, 1.54) is 6.07 Å². The van der Waals surface area contributed by atoms with E-state index >= 15 is 0 Å². The van der Waals surface area contributed by atoms with E-state index in [1.54, 1.807) is 18.3 Å². The number of halogens is 3. The summed E-state index contributed by atoms with van der Waals surface area (Å²) < 4.78 is 45.8. The lowest BCUT2D eigenvalue weighted by Gasteiger charge is -2.25. The van der Waals surface area contributed by atoms with Gasteiger partial charge in [-0.3, -0.25) is 9.59 Å². The number of aryl methyl sites for hydroxylation is 1. The van der Waals surface area contributed by atoms with Crippen LogP contribution in [0.15, 0.2) is 54.7 Å². The number of rotatable bonds is 7. The van der Waals surface area contributed by atoms with E-state index < -0.39 is 17.7 Å². The average molecular weight is 540 g/mol. The monoisotopic (exact) mass is 539 g/mol. The highest BCUT2D eigenvalue weighted by Gasteiger charge is 2.32. The van der Waals surface area contributed by atoms with Crippen molar-refractivity contribution in [2.45, 2.75) is 32.0 Å². The molecule has 1 aliphatic heterocycles. The van der Waals surface area contributed by atoms with Crippen molar-refractivity contribution in [2.75, 3.05) is 23.7 Å². The van der Waals surface area contributed by atoms with Crippen LogP contribution in [-0.4, -0.2) is 29.9 Å². The molecule has 5 rings (SSSR count). The standard InChI is InChI=1S/C28H28F3N5O3/c29-28(30,31)21-7-16(13-32)8-22(11-21)35-26(37)18-2-1-17-3-4-23(10-19(17)9-18)39-24-5-6-34-25(12-24)36-27(38)20-14-33-15-20/h3-8,10-12,18,20,33H,1-2,9,13-15,32H2,(H,35,37)(H,34,36,38). The Morgan fingerprint density at radius 2 is 1.74 bits per heavy atom. The van der Waals surface area contributed by atoms with Gasteiger partial charge in [0, 0.05) is 43.5 Å². The van der Waals surface area contributed by atoms with Crippen molar-refractivity contribution in [3.63, 3.8) is 0 Å². The lowest BCUT2D eigenvalue weighted by Crippen LogP contribution is -2.48. The number of anilines is 2. The molecule has 1 fully saturated rings. The Labute approximate surface area is 223 Å². The van der Waals surface area contributed by atoms with Crippen LogP contribution in [0, 0.1) is 11.8 Å². The van der Waals surface area contributed by atoms with Crippen LogP contribution in [0.5, 0.6) is 11.5 Å². The minimum Gasteiger partial charge on any atom is -0.457 e. The molecular weight excluding hydrogens is 511 g/mol. The third kappa shape index (κ3) is 6.37. The van der Waals surface area contributed by atoms with Crippen LogP contribution in [0.2, 0.25) is 0 Å². The molecule has 1 aliphatic carbocycles. The molecule has 11 heteroatoms. The summed E-state index contributed by atoms with van der Waals surface area (Å²) in [5.41, 5.74) is 7.10. The number of benzene rings is 2. The van der Waals surface area contributed by atoms with Gasteiger partial charge < -0.3 is 26.4 Å². The Hall–Kier alpha value is -3.96. The van der Waals surface area contributed by atoms with Crippen LogP contribution < -0.4 is 26.4 Å². The molecule has 1 unspecified atom stereocenters. The first-order valence-electron chi connectivity index (χ1n) is 12.7. The molecule has 0 radical (unpaired) electrons. The number of nitrogens with two attached hydrogens (primary N) is 1. The lowest BCUT2D eigenvalue weighted by atomic mass is 9.83. The molecule has 39 heavy (non-hydrogen) atoms. The minimum absolute atomic E-state index is 0.0709. The van der Waals surface area contributed by atoms with Crippen molar-refractivity contribution in [3.8, 4) is 11.5 Å². The maximum atomic E-state index is 13.3. The van der Waals surface area contributed by atoms with Gasteiger partial charge in [-0.2, -0.15) is 13.2 Å². The lowest BCUT2D eigenvalue weighted by molar-refractivity contribution is -0.137. The number of hydrogen-bond donors (Lipinski definition) is 4. The number of fused-ring (bicyclic) bond motifs is 1.